The van der Waals surface area contributed by atoms with Gasteiger partial charge in [-0.1, -0.05) is 6.07 Å². The smallest absolute Gasteiger partial charge is 0.254 e. The molecular formula is C16H18N6O. The highest BCUT2D eigenvalue weighted by Gasteiger charge is 2.30. The number of fused-ring (bicyclic) bond motifs is 1. The third kappa shape index (κ3) is 2.39. The molecule has 1 aromatic carbocycles. The molecule has 4 rings (SSSR count). The summed E-state index contributed by atoms with van der Waals surface area (Å²) in [6.45, 7) is 2.15. The van der Waals surface area contributed by atoms with Gasteiger partial charge in [0.2, 0.25) is 0 Å². The fourth-order valence-electron chi connectivity index (χ4n) is 3.14. The highest BCUT2D eigenvalue weighted by atomic mass is 16.2. The van der Waals surface area contributed by atoms with Crippen molar-refractivity contribution in [1.29, 1.82) is 0 Å². The van der Waals surface area contributed by atoms with E-state index in [1.54, 1.807) is 12.4 Å². The molecule has 1 fully saturated rings. The lowest BCUT2D eigenvalue weighted by molar-refractivity contribution is 0.0536. The third-order valence-electron chi connectivity index (χ3n) is 4.49. The molecule has 1 amide bonds. The Labute approximate surface area is 133 Å². The van der Waals surface area contributed by atoms with Gasteiger partial charge in [-0.05, 0) is 19.2 Å². The SMILES string of the molecule is CN1CCN(C(=O)c2cccc3[nH]ncc23)C[C@@H]1c1ncc[nH]1. The Morgan fingerprint density at radius 1 is 1.35 bits per heavy atom. The molecule has 3 aromatic rings. The number of piperazine rings is 1. The maximum absolute atomic E-state index is 13.0. The Morgan fingerprint density at radius 3 is 3.09 bits per heavy atom. The number of hydrogen-bond acceptors (Lipinski definition) is 4. The van der Waals surface area contributed by atoms with Crippen molar-refractivity contribution in [2.75, 3.05) is 26.7 Å². The summed E-state index contributed by atoms with van der Waals surface area (Å²) in [5.41, 5.74) is 1.58. The van der Waals surface area contributed by atoms with Crippen LogP contribution in [-0.4, -0.2) is 62.6 Å². The van der Waals surface area contributed by atoms with Crippen LogP contribution in [0.3, 0.4) is 0 Å². The Kier molecular flexibility index (Phi) is 3.34. The van der Waals surface area contributed by atoms with Crippen molar-refractivity contribution in [1.82, 2.24) is 30.0 Å². The van der Waals surface area contributed by atoms with E-state index in [-0.39, 0.29) is 11.9 Å². The number of amides is 1. The number of hydrogen-bond donors (Lipinski definition) is 2. The lowest BCUT2D eigenvalue weighted by Crippen LogP contribution is -2.49. The number of aromatic amines is 2. The molecule has 3 heterocycles. The van der Waals surface area contributed by atoms with Gasteiger partial charge in [-0.15, -0.1) is 0 Å². The number of carbonyl (C=O) groups excluding carboxylic acids is 1. The van der Waals surface area contributed by atoms with Crippen LogP contribution < -0.4 is 0 Å². The molecule has 0 unspecified atom stereocenters. The molecule has 23 heavy (non-hydrogen) atoms. The van der Waals surface area contributed by atoms with Crippen LogP contribution in [0.1, 0.15) is 22.2 Å². The molecule has 1 aliphatic rings. The lowest BCUT2D eigenvalue weighted by atomic mass is 10.1. The van der Waals surface area contributed by atoms with Crippen molar-refractivity contribution in [3.05, 3.63) is 48.2 Å². The van der Waals surface area contributed by atoms with Crippen LogP contribution in [-0.2, 0) is 0 Å². The Bertz CT molecular complexity index is 824. The molecule has 7 nitrogen and oxygen atoms in total. The van der Waals surface area contributed by atoms with Crippen LogP contribution in [0.5, 0.6) is 0 Å². The lowest BCUT2D eigenvalue weighted by Gasteiger charge is -2.38. The van der Waals surface area contributed by atoms with E-state index >= 15 is 0 Å². The first-order valence-electron chi connectivity index (χ1n) is 7.65. The van der Waals surface area contributed by atoms with Gasteiger partial charge in [-0.3, -0.25) is 14.8 Å². The maximum atomic E-state index is 13.0. The van der Waals surface area contributed by atoms with E-state index < -0.39 is 0 Å². The number of likely N-dealkylation sites (N-methyl/N-ethyl adjacent to an activating group) is 1. The molecule has 1 saturated heterocycles. The maximum Gasteiger partial charge on any atom is 0.254 e. The molecule has 0 saturated carbocycles. The molecule has 118 valence electrons. The van der Waals surface area contributed by atoms with Crippen molar-refractivity contribution in [3.8, 4) is 0 Å². The van der Waals surface area contributed by atoms with Crippen molar-refractivity contribution >= 4 is 16.8 Å². The van der Waals surface area contributed by atoms with Crippen LogP contribution in [0.4, 0.5) is 0 Å². The molecule has 2 aromatic heterocycles. The Morgan fingerprint density at radius 2 is 2.26 bits per heavy atom. The van der Waals surface area contributed by atoms with E-state index in [1.165, 1.54) is 0 Å². The molecular weight excluding hydrogens is 292 g/mol. The van der Waals surface area contributed by atoms with Crippen LogP contribution in [0.2, 0.25) is 0 Å². The van der Waals surface area contributed by atoms with E-state index in [9.17, 15) is 4.79 Å². The van der Waals surface area contributed by atoms with Crippen LogP contribution in [0, 0.1) is 0 Å². The zero-order valence-corrected chi connectivity index (χ0v) is 12.9. The minimum atomic E-state index is 0.0432. The predicted molar refractivity (Wildman–Crippen MR) is 86.0 cm³/mol. The van der Waals surface area contributed by atoms with Crippen LogP contribution in [0.15, 0.2) is 36.8 Å². The topological polar surface area (TPSA) is 80.9 Å². The fraction of sp³-hybridized carbons (Fsp3) is 0.312. The minimum absolute atomic E-state index is 0.0432. The van der Waals surface area contributed by atoms with Crippen LogP contribution >= 0.6 is 0 Å². The van der Waals surface area contributed by atoms with Crippen molar-refractivity contribution in [2.45, 2.75) is 6.04 Å². The number of nitrogens with zero attached hydrogens (tertiary/aromatic N) is 4. The number of H-pyrrole nitrogens is 2. The molecule has 7 heteroatoms. The van der Waals surface area contributed by atoms with Gasteiger partial charge in [-0.2, -0.15) is 5.10 Å². The predicted octanol–water partition coefficient (Wildman–Crippen LogP) is 1.41. The van der Waals surface area contributed by atoms with Gasteiger partial charge >= 0.3 is 0 Å². The first kappa shape index (κ1) is 14.0. The zero-order valence-electron chi connectivity index (χ0n) is 12.9. The zero-order chi connectivity index (χ0) is 15.8. The van der Waals surface area contributed by atoms with Gasteiger partial charge in [0, 0.05) is 37.4 Å². The molecule has 1 aliphatic heterocycles. The van der Waals surface area contributed by atoms with Gasteiger partial charge in [0.25, 0.3) is 5.91 Å². The molecule has 2 N–H and O–H groups in total. The van der Waals surface area contributed by atoms with Crippen molar-refractivity contribution in [2.24, 2.45) is 0 Å². The minimum Gasteiger partial charge on any atom is -0.347 e. The van der Waals surface area contributed by atoms with E-state index in [0.717, 1.165) is 23.3 Å². The second-order valence-electron chi connectivity index (χ2n) is 5.86. The average Bonchev–Trinajstić information content (AvgIpc) is 3.25. The molecule has 0 radical (unpaired) electrons. The van der Waals surface area contributed by atoms with E-state index in [1.807, 2.05) is 29.3 Å². The molecule has 0 bridgehead atoms. The van der Waals surface area contributed by atoms with E-state index in [4.69, 9.17) is 0 Å². The van der Waals surface area contributed by atoms with E-state index in [2.05, 4.69) is 32.1 Å². The Balaban J connectivity index is 1.62. The summed E-state index contributed by atoms with van der Waals surface area (Å²) < 4.78 is 0. The largest absolute Gasteiger partial charge is 0.347 e. The fourth-order valence-corrected chi connectivity index (χ4v) is 3.14. The summed E-state index contributed by atoms with van der Waals surface area (Å²) in [5, 5.41) is 7.82. The molecule has 1 atom stereocenters. The quantitative estimate of drug-likeness (QED) is 0.750. The highest BCUT2D eigenvalue weighted by molar-refractivity contribution is 6.06. The number of benzene rings is 1. The summed E-state index contributed by atoms with van der Waals surface area (Å²) in [6.07, 6.45) is 5.27. The second-order valence-corrected chi connectivity index (χ2v) is 5.86. The first-order chi connectivity index (χ1) is 11.2. The molecule has 0 spiro atoms. The Hall–Kier alpha value is -2.67. The number of aromatic nitrogens is 4. The van der Waals surface area contributed by atoms with Crippen molar-refractivity contribution in [3.63, 3.8) is 0 Å². The summed E-state index contributed by atoms with van der Waals surface area (Å²) in [5.74, 6) is 0.938. The summed E-state index contributed by atoms with van der Waals surface area (Å²) in [6, 6.07) is 5.76. The van der Waals surface area contributed by atoms with Gasteiger partial charge in [0.05, 0.1) is 23.3 Å². The monoisotopic (exact) mass is 310 g/mol. The summed E-state index contributed by atoms with van der Waals surface area (Å²) in [4.78, 5) is 24.6. The van der Waals surface area contributed by atoms with Crippen LogP contribution in [0.25, 0.3) is 10.9 Å². The van der Waals surface area contributed by atoms with E-state index in [0.29, 0.717) is 18.7 Å². The second kappa shape index (κ2) is 5.51. The van der Waals surface area contributed by atoms with Crippen molar-refractivity contribution < 1.29 is 4.79 Å². The number of rotatable bonds is 2. The summed E-state index contributed by atoms with van der Waals surface area (Å²) >= 11 is 0. The number of nitrogens with one attached hydrogen (secondary N) is 2. The average molecular weight is 310 g/mol. The highest BCUT2D eigenvalue weighted by Crippen LogP contribution is 2.24. The summed E-state index contributed by atoms with van der Waals surface area (Å²) in [7, 11) is 2.06. The molecule has 0 aliphatic carbocycles. The standard InChI is InChI=1S/C16H18N6O/c1-21-7-8-22(10-14(21)15-17-5-6-18-15)16(23)11-3-2-4-13-12(11)9-19-20-13/h2-6,9,14H,7-8,10H2,1H3,(H,17,18)(H,19,20)/t14-/m1/s1. The first-order valence-corrected chi connectivity index (χ1v) is 7.65. The van der Waals surface area contributed by atoms with Gasteiger partial charge in [0.15, 0.2) is 0 Å². The van der Waals surface area contributed by atoms with Gasteiger partial charge < -0.3 is 9.88 Å². The number of imidazole rings is 1. The van der Waals surface area contributed by atoms with Gasteiger partial charge in [0.1, 0.15) is 5.82 Å². The van der Waals surface area contributed by atoms with Gasteiger partial charge in [-0.25, -0.2) is 4.98 Å². The normalized spacial score (nSPS) is 19.3. The third-order valence-corrected chi connectivity index (χ3v) is 4.49. The number of carbonyl (C=O) groups is 1.